The van der Waals surface area contributed by atoms with Crippen molar-refractivity contribution in [2.75, 3.05) is 0 Å². The highest BCUT2D eigenvalue weighted by atomic mass is 32.2. The van der Waals surface area contributed by atoms with Gasteiger partial charge in [0, 0.05) is 11.1 Å². The van der Waals surface area contributed by atoms with Crippen molar-refractivity contribution < 1.29 is 0 Å². The Morgan fingerprint density at radius 2 is 1.71 bits per heavy atom. The molecular formula is C11H8N4S2. The molecule has 0 aliphatic carbocycles. The minimum atomic E-state index is 0.298. The van der Waals surface area contributed by atoms with E-state index in [1.807, 2.05) is 24.3 Å². The molecule has 1 fully saturated rings. The van der Waals surface area contributed by atoms with Crippen LogP contribution in [-0.2, 0) is 0 Å². The summed E-state index contributed by atoms with van der Waals surface area (Å²) in [4.78, 5) is 0.754. The van der Waals surface area contributed by atoms with E-state index in [4.69, 9.17) is 23.0 Å². The summed E-state index contributed by atoms with van der Waals surface area (Å²) in [5, 5.41) is 21.5. The van der Waals surface area contributed by atoms with Crippen molar-refractivity contribution in [1.82, 2.24) is 10.6 Å². The predicted octanol–water partition coefficient (Wildman–Crippen LogP) is 1.88. The van der Waals surface area contributed by atoms with Crippen LogP contribution in [0.15, 0.2) is 29.2 Å². The summed E-state index contributed by atoms with van der Waals surface area (Å²) in [6.07, 6.45) is 0. The monoisotopic (exact) mass is 260 g/mol. The summed E-state index contributed by atoms with van der Waals surface area (Å²) >= 11 is 6.38. The predicted molar refractivity (Wildman–Crippen MR) is 74.4 cm³/mol. The van der Waals surface area contributed by atoms with Crippen LogP contribution in [0.1, 0.15) is 11.1 Å². The Kier molecular flexibility index (Phi) is 2.27. The lowest BCUT2D eigenvalue weighted by Gasteiger charge is -2.03. The molecule has 0 saturated carbocycles. The Hall–Kier alpha value is -1.66. The molecule has 1 aromatic carbocycles. The minimum Gasteiger partial charge on any atom is -0.339 e. The zero-order chi connectivity index (χ0) is 12.0. The van der Waals surface area contributed by atoms with Crippen LogP contribution in [0.5, 0.6) is 0 Å². The molecule has 2 heterocycles. The summed E-state index contributed by atoms with van der Waals surface area (Å²) in [6.45, 7) is 0. The third kappa shape index (κ3) is 1.57. The largest absolute Gasteiger partial charge is 0.339 e. The molecule has 1 saturated heterocycles. The first-order chi connectivity index (χ1) is 8.16. The van der Waals surface area contributed by atoms with Gasteiger partial charge in [0.2, 0.25) is 0 Å². The first kappa shape index (κ1) is 10.5. The fourth-order valence-electron chi connectivity index (χ4n) is 1.86. The lowest BCUT2D eigenvalue weighted by Crippen LogP contribution is -2.19. The average Bonchev–Trinajstić information content (AvgIpc) is 2.80. The highest BCUT2D eigenvalue weighted by molar-refractivity contribution is 8.26. The molecule has 2 aliphatic rings. The topological polar surface area (TPSA) is 71.8 Å². The van der Waals surface area contributed by atoms with Gasteiger partial charge in [-0.05, 0) is 0 Å². The van der Waals surface area contributed by atoms with E-state index in [-0.39, 0.29) is 0 Å². The van der Waals surface area contributed by atoms with Crippen molar-refractivity contribution in [2.24, 2.45) is 0 Å². The van der Waals surface area contributed by atoms with Crippen LogP contribution in [0.25, 0.3) is 5.70 Å². The molecule has 6 heteroatoms. The fourth-order valence-corrected chi connectivity index (χ4v) is 2.97. The van der Waals surface area contributed by atoms with Crippen LogP contribution >= 0.6 is 24.0 Å². The van der Waals surface area contributed by atoms with E-state index < -0.39 is 0 Å². The maximum Gasteiger partial charge on any atom is 0.144 e. The summed E-state index contributed by atoms with van der Waals surface area (Å²) in [5.41, 5.74) is 2.62. The Morgan fingerprint density at radius 3 is 2.35 bits per heavy atom. The van der Waals surface area contributed by atoms with Gasteiger partial charge in [0.1, 0.15) is 16.0 Å². The molecule has 0 aromatic heterocycles. The summed E-state index contributed by atoms with van der Waals surface area (Å²) in [7, 11) is 0. The third-order valence-corrected chi connectivity index (χ3v) is 3.84. The SMILES string of the molecule is N=C1NC(=S)S/C1=C1/NC(=N)c2ccccc21. The highest BCUT2D eigenvalue weighted by Crippen LogP contribution is 2.34. The number of hydrogen-bond acceptors (Lipinski definition) is 4. The van der Waals surface area contributed by atoms with Gasteiger partial charge >= 0.3 is 0 Å². The molecular weight excluding hydrogens is 252 g/mol. The Bertz CT molecular complexity index is 603. The molecule has 2 aliphatic heterocycles. The van der Waals surface area contributed by atoms with Crippen LogP contribution in [0.2, 0.25) is 0 Å². The van der Waals surface area contributed by atoms with Crippen molar-refractivity contribution in [1.29, 1.82) is 10.8 Å². The molecule has 17 heavy (non-hydrogen) atoms. The Morgan fingerprint density at radius 1 is 1.00 bits per heavy atom. The number of fused-ring (bicyclic) bond motifs is 1. The molecule has 0 radical (unpaired) electrons. The van der Waals surface area contributed by atoms with Crippen molar-refractivity contribution >= 4 is 45.7 Å². The lowest BCUT2D eigenvalue weighted by molar-refractivity contribution is 1.29. The fraction of sp³-hybridized carbons (Fsp3) is 0. The Labute approximate surface area is 108 Å². The van der Waals surface area contributed by atoms with Crippen LogP contribution in [0, 0.1) is 10.8 Å². The maximum absolute atomic E-state index is 7.86. The van der Waals surface area contributed by atoms with Crippen molar-refractivity contribution in [3.63, 3.8) is 0 Å². The first-order valence-corrected chi connectivity index (χ1v) is 6.16. The van der Waals surface area contributed by atoms with Gasteiger partial charge in [0.15, 0.2) is 0 Å². The zero-order valence-corrected chi connectivity index (χ0v) is 10.3. The molecule has 1 aromatic rings. The summed E-state index contributed by atoms with van der Waals surface area (Å²) in [6, 6.07) is 7.67. The molecule has 0 amide bonds. The van der Waals surface area contributed by atoms with E-state index in [1.54, 1.807) is 0 Å². The van der Waals surface area contributed by atoms with E-state index in [2.05, 4.69) is 10.6 Å². The van der Waals surface area contributed by atoms with E-state index >= 15 is 0 Å². The van der Waals surface area contributed by atoms with Crippen LogP contribution in [0.4, 0.5) is 0 Å². The molecule has 0 atom stereocenters. The average molecular weight is 260 g/mol. The van der Waals surface area contributed by atoms with Crippen molar-refractivity contribution in [3.05, 3.63) is 40.3 Å². The third-order valence-electron chi connectivity index (χ3n) is 2.59. The molecule has 0 bridgehead atoms. The molecule has 4 N–H and O–H groups in total. The van der Waals surface area contributed by atoms with Crippen molar-refractivity contribution in [2.45, 2.75) is 0 Å². The highest BCUT2D eigenvalue weighted by Gasteiger charge is 2.29. The Balaban J connectivity index is 2.19. The van der Waals surface area contributed by atoms with Gasteiger partial charge in [-0.2, -0.15) is 0 Å². The number of amidine groups is 2. The number of rotatable bonds is 0. The second-order valence-electron chi connectivity index (χ2n) is 3.64. The van der Waals surface area contributed by atoms with Gasteiger partial charge in [-0.15, -0.1) is 0 Å². The quantitative estimate of drug-likeness (QED) is 0.538. The molecule has 3 rings (SSSR count). The second-order valence-corrected chi connectivity index (χ2v) is 5.33. The molecule has 0 spiro atoms. The first-order valence-electron chi connectivity index (χ1n) is 4.94. The van der Waals surface area contributed by atoms with Crippen LogP contribution < -0.4 is 10.6 Å². The molecule has 84 valence electrons. The van der Waals surface area contributed by atoms with Crippen LogP contribution in [-0.4, -0.2) is 16.0 Å². The summed E-state index contributed by atoms with van der Waals surface area (Å²) < 4.78 is 0.579. The zero-order valence-electron chi connectivity index (χ0n) is 8.63. The van der Waals surface area contributed by atoms with E-state index in [9.17, 15) is 0 Å². The number of benzene rings is 1. The van der Waals surface area contributed by atoms with E-state index in [1.165, 1.54) is 11.8 Å². The number of thioether (sulfide) groups is 1. The summed E-state index contributed by atoms with van der Waals surface area (Å²) in [5.74, 6) is 0.668. The second kappa shape index (κ2) is 3.68. The lowest BCUT2D eigenvalue weighted by atomic mass is 10.1. The molecule has 0 unspecified atom stereocenters. The van der Waals surface area contributed by atoms with Crippen molar-refractivity contribution in [3.8, 4) is 0 Å². The van der Waals surface area contributed by atoms with Gasteiger partial charge in [0.05, 0.1) is 10.6 Å². The smallest absolute Gasteiger partial charge is 0.144 e. The minimum absolute atomic E-state index is 0.298. The number of thiocarbonyl (C=S) groups is 1. The van der Waals surface area contributed by atoms with Gasteiger partial charge in [0.25, 0.3) is 0 Å². The van der Waals surface area contributed by atoms with E-state index in [0.29, 0.717) is 16.0 Å². The number of hydrogen-bond donors (Lipinski definition) is 4. The van der Waals surface area contributed by atoms with Crippen LogP contribution in [0.3, 0.4) is 0 Å². The van der Waals surface area contributed by atoms with Gasteiger partial charge in [-0.3, -0.25) is 10.8 Å². The van der Waals surface area contributed by atoms with Gasteiger partial charge in [-0.1, -0.05) is 48.2 Å². The molecule has 4 nitrogen and oxygen atoms in total. The van der Waals surface area contributed by atoms with E-state index in [0.717, 1.165) is 21.7 Å². The van der Waals surface area contributed by atoms with Gasteiger partial charge < -0.3 is 10.6 Å². The van der Waals surface area contributed by atoms with Gasteiger partial charge in [-0.25, -0.2) is 0 Å². The maximum atomic E-state index is 7.86. The standard InChI is InChI=1S/C11H8N4S2/c12-9-6-4-2-1-3-5(6)7(14-9)8-10(13)15-11(16)17-8/h1-4H,(H2,12,14)(H2,13,15,16)/b8-7+. The normalized spacial score (nSPS) is 22.5. The number of nitrogens with one attached hydrogen (secondary N) is 4.